The Bertz CT molecular complexity index is 896. The van der Waals surface area contributed by atoms with E-state index in [1.165, 1.54) is 22.0 Å². The Morgan fingerprint density at radius 2 is 1.87 bits per heavy atom. The lowest BCUT2D eigenvalue weighted by Gasteiger charge is -2.21. The van der Waals surface area contributed by atoms with Gasteiger partial charge in [0.25, 0.3) is 5.91 Å². The third kappa shape index (κ3) is 2.41. The minimum atomic E-state index is 0.0631. The van der Waals surface area contributed by atoms with E-state index in [0.29, 0.717) is 17.1 Å². The molecule has 1 amide bonds. The highest BCUT2D eigenvalue weighted by Gasteiger charge is 2.22. The predicted octanol–water partition coefficient (Wildman–Crippen LogP) is 4.03. The molecule has 2 aromatic carbocycles. The summed E-state index contributed by atoms with van der Waals surface area (Å²) in [6.07, 6.45) is 3.07. The first kappa shape index (κ1) is 14.3. The van der Waals surface area contributed by atoms with E-state index >= 15 is 0 Å². The fourth-order valence-corrected chi connectivity index (χ4v) is 3.55. The molecule has 1 aliphatic heterocycles. The third-order valence-electron chi connectivity index (χ3n) is 4.57. The first-order valence-corrected chi connectivity index (χ1v) is 8.12. The Morgan fingerprint density at radius 3 is 2.65 bits per heavy atom. The van der Waals surface area contributed by atoms with Crippen LogP contribution < -0.4 is 0 Å². The summed E-state index contributed by atoms with van der Waals surface area (Å²) in [6, 6.07) is 13.5. The van der Waals surface area contributed by atoms with Gasteiger partial charge in [-0.25, -0.2) is 0 Å². The number of benzene rings is 2. The number of amides is 1. The fourth-order valence-electron chi connectivity index (χ4n) is 3.43. The molecule has 0 spiro atoms. The van der Waals surface area contributed by atoms with Gasteiger partial charge in [-0.15, -0.1) is 0 Å². The molecule has 0 bridgehead atoms. The van der Waals surface area contributed by atoms with E-state index in [-0.39, 0.29) is 5.91 Å². The lowest BCUT2D eigenvalue weighted by atomic mass is 10.1. The van der Waals surface area contributed by atoms with Crippen molar-refractivity contribution in [2.45, 2.75) is 13.0 Å². The first-order chi connectivity index (χ1) is 11.1. The lowest BCUT2D eigenvalue weighted by molar-refractivity contribution is 0.0748. The Labute approximate surface area is 140 Å². The van der Waals surface area contributed by atoms with Crippen LogP contribution in [0.1, 0.15) is 21.5 Å². The molecular weight excluding hydrogens is 308 g/mol. The molecule has 3 nitrogen and oxygen atoms in total. The lowest BCUT2D eigenvalue weighted by Crippen LogP contribution is -2.31. The van der Waals surface area contributed by atoms with Crippen LogP contribution in [-0.4, -0.2) is 21.9 Å². The van der Waals surface area contributed by atoms with E-state index in [0.717, 1.165) is 13.0 Å². The Kier molecular flexibility index (Phi) is 3.38. The van der Waals surface area contributed by atoms with E-state index in [1.807, 2.05) is 4.90 Å². The molecule has 0 fully saturated rings. The van der Waals surface area contributed by atoms with Crippen molar-refractivity contribution in [3.63, 3.8) is 0 Å². The highest BCUT2D eigenvalue weighted by molar-refractivity contribution is 6.30. The summed E-state index contributed by atoms with van der Waals surface area (Å²) < 4.78 is 2.17. The van der Waals surface area contributed by atoms with E-state index in [9.17, 15) is 4.79 Å². The van der Waals surface area contributed by atoms with Crippen molar-refractivity contribution in [2.24, 2.45) is 7.05 Å². The van der Waals surface area contributed by atoms with Gasteiger partial charge in [-0.05, 0) is 47.9 Å². The van der Waals surface area contributed by atoms with Crippen molar-refractivity contribution in [2.75, 3.05) is 6.54 Å². The highest BCUT2D eigenvalue weighted by atomic mass is 35.5. The maximum absolute atomic E-state index is 12.8. The Hall–Kier alpha value is -2.26. The minimum absolute atomic E-state index is 0.0631. The normalized spacial score (nSPS) is 14.1. The smallest absolute Gasteiger partial charge is 0.254 e. The molecule has 23 heavy (non-hydrogen) atoms. The standard InChI is InChI=1S/C19H17ClN2O/c1-21-11-15-9-10-22(12-14-3-2-4-17(21)18(14)15)19(23)13-5-7-16(20)8-6-13/h2-8,11H,9-10,12H2,1H3. The SMILES string of the molecule is Cn1cc2c3c(cccc31)CN(C(=O)c1ccc(Cl)cc1)CC2. The molecule has 0 saturated carbocycles. The quantitative estimate of drug-likeness (QED) is 0.663. The van der Waals surface area contributed by atoms with Crippen LogP contribution in [0.2, 0.25) is 5.02 Å². The second-order valence-electron chi connectivity index (χ2n) is 6.06. The molecule has 1 aliphatic rings. The molecule has 4 rings (SSSR count). The molecular formula is C19H17ClN2O. The van der Waals surface area contributed by atoms with Crippen LogP contribution in [-0.2, 0) is 20.0 Å². The van der Waals surface area contributed by atoms with E-state index < -0.39 is 0 Å². The van der Waals surface area contributed by atoms with Gasteiger partial charge in [0, 0.05) is 47.8 Å². The number of hydrogen-bond donors (Lipinski definition) is 0. The molecule has 0 aliphatic carbocycles. The van der Waals surface area contributed by atoms with Crippen molar-refractivity contribution in [3.05, 3.63) is 70.4 Å². The fraction of sp³-hybridized carbons (Fsp3) is 0.211. The van der Waals surface area contributed by atoms with Crippen LogP contribution in [0.15, 0.2) is 48.7 Å². The predicted molar refractivity (Wildman–Crippen MR) is 92.8 cm³/mol. The summed E-state index contributed by atoms with van der Waals surface area (Å²) in [7, 11) is 2.08. The topological polar surface area (TPSA) is 25.2 Å². The molecule has 2 heterocycles. The number of aryl methyl sites for hydroxylation is 1. The summed E-state index contributed by atoms with van der Waals surface area (Å²) in [5.41, 5.74) is 4.47. The average molecular weight is 325 g/mol. The van der Waals surface area contributed by atoms with Crippen LogP contribution in [0.5, 0.6) is 0 Å². The van der Waals surface area contributed by atoms with Crippen LogP contribution in [0.3, 0.4) is 0 Å². The zero-order valence-corrected chi connectivity index (χ0v) is 13.7. The molecule has 0 N–H and O–H groups in total. The van der Waals surface area contributed by atoms with Gasteiger partial charge in [-0.2, -0.15) is 0 Å². The van der Waals surface area contributed by atoms with Crippen molar-refractivity contribution < 1.29 is 4.79 Å². The third-order valence-corrected chi connectivity index (χ3v) is 4.82. The molecule has 0 radical (unpaired) electrons. The van der Waals surface area contributed by atoms with Gasteiger partial charge in [0.05, 0.1) is 0 Å². The number of carbonyl (C=O) groups is 1. The zero-order chi connectivity index (χ0) is 16.0. The average Bonchev–Trinajstić information content (AvgIpc) is 2.76. The second-order valence-corrected chi connectivity index (χ2v) is 6.50. The van der Waals surface area contributed by atoms with Crippen LogP contribution in [0.4, 0.5) is 0 Å². The summed E-state index contributed by atoms with van der Waals surface area (Å²) in [5.74, 6) is 0.0631. The van der Waals surface area contributed by atoms with Gasteiger partial charge in [0.15, 0.2) is 0 Å². The number of halogens is 1. The number of aromatic nitrogens is 1. The number of carbonyl (C=O) groups excluding carboxylic acids is 1. The molecule has 0 saturated heterocycles. The van der Waals surface area contributed by atoms with Crippen LogP contribution >= 0.6 is 11.6 Å². The molecule has 1 aromatic heterocycles. The number of nitrogens with zero attached hydrogens (tertiary/aromatic N) is 2. The van der Waals surface area contributed by atoms with E-state index in [1.54, 1.807) is 24.3 Å². The van der Waals surface area contributed by atoms with Crippen molar-refractivity contribution in [1.29, 1.82) is 0 Å². The monoisotopic (exact) mass is 324 g/mol. The molecule has 0 unspecified atom stereocenters. The van der Waals surface area contributed by atoms with Gasteiger partial charge in [-0.3, -0.25) is 4.79 Å². The van der Waals surface area contributed by atoms with Crippen LogP contribution in [0, 0.1) is 0 Å². The molecule has 116 valence electrons. The number of hydrogen-bond acceptors (Lipinski definition) is 1. The minimum Gasteiger partial charge on any atom is -0.350 e. The van der Waals surface area contributed by atoms with Gasteiger partial charge in [0.2, 0.25) is 0 Å². The van der Waals surface area contributed by atoms with Gasteiger partial charge in [0.1, 0.15) is 0 Å². The maximum atomic E-state index is 12.8. The Balaban J connectivity index is 1.71. The second kappa shape index (κ2) is 5.43. The summed E-state index contributed by atoms with van der Waals surface area (Å²) in [5, 5.41) is 1.96. The zero-order valence-electron chi connectivity index (χ0n) is 12.9. The van der Waals surface area contributed by atoms with Crippen molar-refractivity contribution >= 4 is 28.4 Å². The molecule has 4 heteroatoms. The summed E-state index contributed by atoms with van der Waals surface area (Å²) in [6.45, 7) is 1.38. The molecule has 3 aromatic rings. The van der Waals surface area contributed by atoms with Gasteiger partial charge < -0.3 is 9.47 Å². The van der Waals surface area contributed by atoms with Gasteiger partial charge >= 0.3 is 0 Å². The Morgan fingerprint density at radius 1 is 1.09 bits per heavy atom. The van der Waals surface area contributed by atoms with Crippen LogP contribution in [0.25, 0.3) is 10.9 Å². The van der Waals surface area contributed by atoms with E-state index in [2.05, 4.69) is 36.0 Å². The van der Waals surface area contributed by atoms with Crippen molar-refractivity contribution in [3.8, 4) is 0 Å². The van der Waals surface area contributed by atoms with Gasteiger partial charge in [-0.1, -0.05) is 23.7 Å². The molecule has 0 atom stereocenters. The maximum Gasteiger partial charge on any atom is 0.254 e. The van der Waals surface area contributed by atoms with Crippen molar-refractivity contribution in [1.82, 2.24) is 9.47 Å². The summed E-state index contributed by atoms with van der Waals surface area (Å²) >= 11 is 5.92. The summed E-state index contributed by atoms with van der Waals surface area (Å²) in [4.78, 5) is 14.7. The number of rotatable bonds is 1. The largest absolute Gasteiger partial charge is 0.350 e. The van der Waals surface area contributed by atoms with E-state index in [4.69, 9.17) is 11.6 Å². The highest BCUT2D eigenvalue weighted by Crippen LogP contribution is 2.29. The first-order valence-electron chi connectivity index (χ1n) is 7.74.